The van der Waals surface area contributed by atoms with Crippen LogP contribution in [0.1, 0.15) is 21.6 Å². The first-order chi connectivity index (χ1) is 10.1. The second kappa shape index (κ2) is 5.44. The van der Waals surface area contributed by atoms with Gasteiger partial charge in [-0.3, -0.25) is 9.78 Å². The molecule has 0 unspecified atom stereocenters. The molecule has 0 aliphatic rings. The number of aryl methyl sites for hydroxylation is 1. The van der Waals surface area contributed by atoms with Crippen LogP contribution >= 0.6 is 0 Å². The number of hydrogen-bond donors (Lipinski definition) is 0. The van der Waals surface area contributed by atoms with E-state index in [-0.39, 0.29) is 18.0 Å². The van der Waals surface area contributed by atoms with Crippen LogP contribution < -0.4 is 0 Å². The first kappa shape index (κ1) is 13.4. The van der Waals surface area contributed by atoms with Crippen LogP contribution in [-0.2, 0) is 6.42 Å². The van der Waals surface area contributed by atoms with Gasteiger partial charge < -0.3 is 0 Å². The highest BCUT2D eigenvalue weighted by atomic mass is 19.1. The molecular formula is C18H14FNO. The summed E-state index contributed by atoms with van der Waals surface area (Å²) in [4.78, 5) is 16.7. The van der Waals surface area contributed by atoms with Gasteiger partial charge in [0, 0.05) is 16.6 Å². The molecule has 0 saturated heterocycles. The molecule has 0 aliphatic carbocycles. The zero-order valence-electron chi connectivity index (χ0n) is 11.6. The zero-order chi connectivity index (χ0) is 14.8. The summed E-state index contributed by atoms with van der Waals surface area (Å²) in [5.41, 5.74) is 2.59. The van der Waals surface area contributed by atoms with E-state index < -0.39 is 0 Å². The molecule has 104 valence electrons. The van der Waals surface area contributed by atoms with Crippen LogP contribution in [0, 0.1) is 12.7 Å². The molecule has 2 nitrogen and oxygen atoms in total. The molecule has 21 heavy (non-hydrogen) atoms. The molecule has 0 N–H and O–H groups in total. The van der Waals surface area contributed by atoms with Crippen molar-refractivity contribution in [2.75, 3.05) is 0 Å². The Kier molecular flexibility index (Phi) is 3.48. The van der Waals surface area contributed by atoms with Gasteiger partial charge in [-0.15, -0.1) is 0 Å². The van der Waals surface area contributed by atoms with Crippen molar-refractivity contribution in [3.05, 3.63) is 77.2 Å². The Morgan fingerprint density at radius 3 is 2.71 bits per heavy atom. The Morgan fingerprint density at radius 1 is 1.10 bits per heavy atom. The molecular weight excluding hydrogens is 265 g/mol. The molecule has 1 heterocycles. The standard InChI is InChI=1S/C18H14FNO/c1-12-10-14(7-9-16(12)19)18(21)11-15-8-6-13-4-2-3-5-17(13)20-15/h2-10H,11H2,1H3. The van der Waals surface area contributed by atoms with Gasteiger partial charge in [0.25, 0.3) is 0 Å². The second-order valence-corrected chi connectivity index (χ2v) is 5.06. The molecule has 0 radical (unpaired) electrons. The Balaban J connectivity index is 1.87. The smallest absolute Gasteiger partial charge is 0.168 e. The number of rotatable bonds is 3. The fourth-order valence-electron chi connectivity index (χ4n) is 2.29. The quantitative estimate of drug-likeness (QED) is 0.675. The topological polar surface area (TPSA) is 30.0 Å². The van der Waals surface area contributed by atoms with Crippen LogP contribution in [0.3, 0.4) is 0 Å². The number of carbonyl (C=O) groups excluding carboxylic acids is 1. The maximum atomic E-state index is 13.2. The minimum absolute atomic E-state index is 0.0547. The number of fused-ring (bicyclic) bond motifs is 1. The van der Waals surface area contributed by atoms with Gasteiger partial charge in [0.15, 0.2) is 5.78 Å². The largest absolute Gasteiger partial charge is 0.294 e. The first-order valence-electron chi connectivity index (χ1n) is 6.77. The number of para-hydroxylation sites is 1. The van der Waals surface area contributed by atoms with E-state index in [4.69, 9.17) is 0 Å². The molecule has 0 fully saturated rings. The van der Waals surface area contributed by atoms with Crippen LogP contribution in [-0.4, -0.2) is 10.8 Å². The fraction of sp³-hybridized carbons (Fsp3) is 0.111. The zero-order valence-corrected chi connectivity index (χ0v) is 11.6. The number of pyridine rings is 1. The lowest BCUT2D eigenvalue weighted by Crippen LogP contribution is -2.06. The van der Waals surface area contributed by atoms with E-state index in [2.05, 4.69) is 4.98 Å². The summed E-state index contributed by atoms with van der Waals surface area (Å²) in [6.45, 7) is 1.65. The molecule has 0 saturated carbocycles. The van der Waals surface area contributed by atoms with Crippen LogP contribution in [0.4, 0.5) is 4.39 Å². The van der Waals surface area contributed by atoms with Crippen molar-refractivity contribution in [2.45, 2.75) is 13.3 Å². The van der Waals surface area contributed by atoms with E-state index in [0.29, 0.717) is 11.1 Å². The van der Waals surface area contributed by atoms with E-state index in [1.807, 2.05) is 36.4 Å². The van der Waals surface area contributed by atoms with E-state index in [0.717, 1.165) is 16.6 Å². The maximum Gasteiger partial charge on any atom is 0.168 e. The van der Waals surface area contributed by atoms with E-state index in [9.17, 15) is 9.18 Å². The Labute approximate surface area is 122 Å². The first-order valence-corrected chi connectivity index (χ1v) is 6.77. The Bertz CT molecular complexity index is 826. The van der Waals surface area contributed by atoms with Gasteiger partial charge in [0.2, 0.25) is 0 Å². The summed E-state index contributed by atoms with van der Waals surface area (Å²) in [5, 5.41) is 1.05. The monoisotopic (exact) mass is 279 g/mol. The minimum atomic E-state index is -0.296. The average molecular weight is 279 g/mol. The highest BCUT2D eigenvalue weighted by Crippen LogP contribution is 2.15. The van der Waals surface area contributed by atoms with Gasteiger partial charge in [0.05, 0.1) is 11.9 Å². The summed E-state index contributed by atoms with van der Waals surface area (Å²) in [6, 6.07) is 16.0. The summed E-state index contributed by atoms with van der Waals surface area (Å²) in [7, 11) is 0. The van der Waals surface area contributed by atoms with Crippen molar-refractivity contribution in [1.82, 2.24) is 4.98 Å². The lowest BCUT2D eigenvalue weighted by Gasteiger charge is -2.04. The Hall–Kier alpha value is -2.55. The number of ketones is 1. The molecule has 3 heteroatoms. The Morgan fingerprint density at radius 2 is 1.90 bits per heavy atom. The molecule has 0 atom stereocenters. The van der Waals surface area contributed by atoms with Gasteiger partial charge >= 0.3 is 0 Å². The molecule has 3 aromatic rings. The van der Waals surface area contributed by atoms with Gasteiger partial charge in [-0.05, 0) is 42.8 Å². The highest BCUT2D eigenvalue weighted by molar-refractivity contribution is 5.97. The summed E-state index contributed by atoms with van der Waals surface area (Å²) < 4.78 is 13.2. The van der Waals surface area contributed by atoms with Gasteiger partial charge in [-0.2, -0.15) is 0 Å². The molecule has 1 aromatic heterocycles. The lowest BCUT2D eigenvalue weighted by atomic mass is 10.0. The third-order valence-electron chi connectivity index (χ3n) is 3.48. The van der Waals surface area contributed by atoms with Crippen LogP contribution in [0.5, 0.6) is 0 Å². The van der Waals surface area contributed by atoms with Gasteiger partial charge in [-0.1, -0.05) is 24.3 Å². The predicted octanol–water partition coefficient (Wildman–Crippen LogP) is 4.11. The number of Topliss-reactive ketones (excluding diaryl/α,β-unsaturated/α-hetero) is 1. The summed E-state index contributed by atoms with van der Waals surface area (Å²) in [5.74, 6) is -0.351. The number of nitrogens with zero attached hydrogens (tertiary/aromatic N) is 1. The van der Waals surface area contributed by atoms with Crippen molar-refractivity contribution in [1.29, 1.82) is 0 Å². The van der Waals surface area contributed by atoms with Crippen LogP contribution in [0.25, 0.3) is 10.9 Å². The van der Waals surface area contributed by atoms with Crippen molar-refractivity contribution < 1.29 is 9.18 Å². The van der Waals surface area contributed by atoms with Crippen molar-refractivity contribution in [3.63, 3.8) is 0 Å². The van der Waals surface area contributed by atoms with E-state index in [1.54, 1.807) is 13.0 Å². The third kappa shape index (κ3) is 2.82. The van der Waals surface area contributed by atoms with E-state index in [1.165, 1.54) is 12.1 Å². The number of aromatic nitrogens is 1. The number of halogens is 1. The number of hydrogen-bond acceptors (Lipinski definition) is 2. The lowest BCUT2D eigenvalue weighted by molar-refractivity contribution is 0.0992. The third-order valence-corrected chi connectivity index (χ3v) is 3.48. The molecule has 3 rings (SSSR count). The highest BCUT2D eigenvalue weighted by Gasteiger charge is 2.10. The molecule has 0 amide bonds. The van der Waals surface area contributed by atoms with Gasteiger partial charge in [-0.25, -0.2) is 4.39 Å². The summed E-state index contributed by atoms with van der Waals surface area (Å²) in [6.07, 6.45) is 0.218. The average Bonchev–Trinajstić information content (AvgIpc) is 2.50. The predicted molar refractivity (Wildman–Crippen MR) is 80.9 cm³/mol. The normalized spacial score (nSPS) is 10.8. The maximum absolute atomic E-state index is 13.2. The van der Waals surface area contributed by atoms with Gasteiger partial charge in [0.1, 0.15) is 5.82 Å². The van der Waals surface area contributed by atoms with Crippen LogP contribution in [0.2, 0.25) is 0 Å². The molecule has 0 bridgehead atoms. The number of carbonyl (C=O) groups is 1. The van der Waals surface area contributed by atoms with Crippen LogP contribution in [0.15, 0.2) is 54.6 Å². The number of benzene rings is 2. The van der Waals surface area contributed by atoms with Crippen molar-refractivity contribution in [2.24, 2.45) is 0 Å². The van der Waals surface area contributed by atoms with Crippen molar-refractivity contribution in [3.8, 4) is 0 Å². The molecule has 0 spiro atoms. The van der Waals surface area contributed by atoms with Crippen molar-refractivity contribution >= 4 is 16.7 Å². The summed E-state index contributed by atoms with van der Waals surface area (Å²) >= 11 is 0. The fourth-order valence-corrected chi connectivity index (χ4v) is 2.29. The SMILES string of the molecule is Cc1cc(C(=O)Cc2ccc3ccccc3n2)ccc1F. The molecule has 0 aliphatic heterocycles. The minimum Gasteiger partial charge on any atom is -0.294 e. The van der Waals surface area contributed by atoms with E-state index >= 15 is 0 Å². The second-order valence-electron chi connectivity index (χ2n) is 5.06. The molecule has 2 aromatic carbocycles.